The van der Waals surface area contributed by atoms with Crippen LogP contribution in [0.2, 0.25) is 0 Å². The summed E-state index contributed by atoms with van der Waals surface area (Å²) < 4.78 is 5.39. The van der Waals surface area contributed by atoms with Crippen molar-refractivity contribution in [2.45, 2.75) is 45.7 Å². The summed E-state index contributed by atoms with van der Waals surface area (Å²) >= 11 is 0. The van der Waals surface area contributed by atoms with Gasteiger partial charge in [0.1, 0.15) is 0 Å². The standard InChI is InChI=1S/C17H28N2O/c1-3-5-16(4-2)18-14-15-6-8-17(9-7-15)19-10-12-20-13-11-19/h6-9,16,18H,3-5,10-14H2,1-2H3. The third kappa shape index (κ3) is 4.50. The number of ether oxygens (including phenoxy) is 1. The van der Waals surface area contributed by atoms with Crippen LogP contribution in [0.4, 0.5) is 5.69 Å². The van der Waals surface area contributed by atoms with Gasteiger partial charge in [0.25, 0.3) is 0 Å². The molecular formula is C17H28N2O. The quantitative estimate of drug-likeness (QED) is 0.828. The molecule has 1 atom stereocenters. The van der Waals surface area contributed by atoms with Crippen molar-refractivity contribution in [3.05, 3.63) is 29.8 Å². The molecule has 0 amide bonds. The molecule has 0 aromatic heterocycles. The molecule has 1 aliphatic heterocycles. The van der Waals surface area contributed by atoms with Gasteiger partial charge in [0.15, 0.2) is 0 Å². The van der Waals surface area contributed by atoms with E-state index in [1.807, 2.05) is 0 Å². The van der Waals surface area contributed by atoms with E-state index in [0.717, 1.165) is 32.8 Å². The molecule has 20 heavy (non-hydrogen) atoms. The second kappa shape index (κ2) is 8.28. The van der Waals surface area contributed by atoms with E-state index in [9.17, 15) is 0 Å². The van der Waals surface area contributed by atoms with Crippen LogP contribution in [0.5, 0.6) is 0 Å². The van der Waals surface area contributed by atoms with E-state index in [2.05, 4.69) is 48.3 Å². The fourth-order valence-corrected chi connectivity index (χ4v) is 2.71. The topological polar surface area (TPSA) is 24.5 Å². The number of hydrogen-bond donors (Lipinski definition) is 1. The van der Waals surface area contributed by atoms with Gasteiger partial charge in [0.05, 0.1) is 13.2 Å². The summed E-state index contributed by atoms with van der Waals surface area (Å²) in [7, 11) is 0. The van der Waals surface area contributed by atoms with Crippen LogP contribution < -0.4 is 10.2 Å². The molecule has 1 fully saturated rings. The second-order valence-corrected chi connectivity index (χ2v) is 5.54. The first-order valence-corrected chi connectivity index (χ1v) is 7.98. The average Bonchev–Trinajstić information content (AvgIpc) is 2.53. The van der Waals surface area contributed by atoms with E-state index in [4.69, 9.17) is 4.74 Å². The molecule has 3 nitrogen and oxygen atoms in total. The molecule has 1 aromatic rings. The van der Waals surface area contributed by atoms with E-state index in [-0.39, 0.29) is 0 Å². The minimum atomic E-state index is 0.652. The number of morpholine rings is 1. The maximum absolute atomic E-state index is 5.39. The van der Waals surface area contributed by atoms with Crippen molar-refractivity contribution in [1.29, 1.82) is 0 Å². The molecule has 0 spiro atoms. The molecule has 2 rings (SSSR count). The van der Waals surface area contributed by atoms with Crippen molar-refractivity contribution in [2.24, 2.45) is 0 Å². The lowest BCUT2D eigenvalue weighted by Gasteiger charge is -2.29. The second-order valence-electron chi connectivity index (χ2n) is 5.54. The predicted molar refractivity (Wildman–Crippen MR) is 85.3 cm³/mol. The Bertz CT molecular complexity index is 371. The Hall–Kier alpha value is -1.06. The Balaban J connectivity index is 1.84. The molecule has 3 heteroatoms. The number of nitrogens with zero attached hydrogens (tertiary/aromatic N) is 1. The smallest absolute Gasteiger partial charge is 0.0642 e. The van der Waals surface area contributed by atoms with Gasteiger partial charge in [-0.2, -0.15) is 0 Å². The maximum Gasteiger partial charge on any atom is 0.0642 e. The summed E-state index contributed by atoms with van der Waals surface area (Å²) in [6.07, 6.45) is 3.73. The number of nitrogens with one attached hydrogen (secondary N) is 1. The SMILES string of the molecule is CCCC(CC)NCc1ccc(N2CCOCC2)cc1. The highest BCUT2D eigenvalue weighted by Gasteiger charge is 2.11. The fraction of sp³-hybridized carbons (Fsp3) is 0.647. The summed E-state index contributed by atoms with van der Waals surface area (Å²) in [5, 5.41) is 3.65. The lowest BCUT2D eigenvalue weighted by molar-refractivity contribution is 0.122. The minimum absolute atomic E-state index is 0.652. The first kappa shape index (κ1) is 15.3. The number of rotatable bonds is 7. The maximum atomic E-state index is 5.39. The molecule has 0 aliphatic carbocycles. The van der Waals surface area contributed by atoms with Crippen LogP contribution in [0.25, 0.3) is 0 Å². The van der Waals surface area contributed by atoms with Gasteiger partial charge in [-0.05, 0) is 30.5 Å². The largest absolute Gasteiger partial charge is 0.378 e. The zero-order valence-corrected chi connectivity index (χ0v) is 12.9. The Morgan fingerprint density at radius 2 is 1.85 bits per heavy atom. The zero-order valence-electron chi connectivity index (χ0n) is 12.9. The molecule has 1 aliphatic rings. The molecular weight excluding hydrogens is 248 g/mol. The summed E-state index contributed by atoms with van der Waals surface area (Å²) in [6, 6.07) is 9.62. The summed E-state index contributed by atoms with van der Waals surface area (Å²) in [6.45, 7) is 9.19. The van der Waals surface area contributed by atoms with Gasteiger partial charge in [-0.1, -0.05) is 32.4 Å². The van der Waals surface area contributed by atoms with Gasteiger partial charge in [-0.3, -0.25) is 0 Å². The highest BCUT2D eigenvalue weighted by atomic mass is 16.5. The lowest BCUT2D eigenvalue weighted by atomic mass is 10.1. The average molecular weight is 276 g/mol. The van der Waals surface area contributed by atoms with Crippen molar-refractivity contribution in [3.8, 4) is 0 Å². The molecule has 1 unspecified atom stereocenters. The first-order chi connectivity index (χ1) is 9.83. The minimum Gasteiger partial charge on any atom is -0.378 e. The molecule has 1 N–H and O–H groups in total. The van der Waals surface area contributed by atoms with E-state index < -0.39 is 0 Å². The Morgan fingerprint density at radius 1 is 1.15 bits per heavy atom. The number of benzene rings is 1. The Labute approximate surface area is 123 Å². The molecule has 1 saturated heterocycles. The van der Waals surface area contributed by atoms with Crippen molar-refractivity contribution in [2.75, 3.05) is 31.2 Å². The van der Waals surface area contributed by atoms with Crippen LogP contribution in [0.1, 0.15) is 38.7 Å². The van der Waals surface area contributed by atoms with Gasteiger partial charge >= 0.3 is 0 Å². The molecule has 1 aromatic carbocycles. The summed E-state index contributed by atoms with van der Waals surface area (Å²) in [5.74, 6) is 0. The van der Waals surface area contributed by atoms with Gasteiger partial charge in [-0.15, -0.1) is 0 Å². The van der Waals surface area contributed by atoms with Gasteiger partial charge in [0, 0.05) is 31.4 Å². The third-order valence-corrected chi connectivity index (χ3v) is 4.04. The van der Waals surface area contributed by atoms with E-state index in [1.165, 1.54) is 30.5 Å². The molecule has 1 heterocycles. The predicted octanol–water partition coefficient (Wildman–Crippen LogP) is 3.19. The van der Waals surface area contributed by atoms with Crippen LogP contribution in [-0.2, 0) is 11.3 Å². The third-order valence-electron chi connectivity index (χ3n) is 4.04. The van der Waals surface area contributed by atoms with Gasteiger partial charge in [0.2, 0.25) is 0 Å². The van der Waals surface area contributed by atoms with E-state index in [0.29, 0.717) is 6.04 Å². The molecule has 0 bridgehead atoms. The summed E-state index contributed by atoms with van der Waals surface area (Å²) in [5.41, 5.74) is 2.69. The molecule has 0 radical (unpaired) electrons. The van der Waals surface area contributed by atoms with Crippen LogP contribution >= 0.6 is 0 Å². The number of anilines is 1. The highest BCUT2D eigenvalue weighted by Crippen LogP contribution is 2.16. The molecule has 0 saturated carbocycles. The van der Waals surface area contributed by atoms with Crippen molar-refractivity contribution in [1.82, 2.24) is 5.32 Å². The molecule has 112 valence electrons. The van der Waals surface area contributed by atoms with E-state index >= 15 is 0 Å². The van der Waals surface area contributed by atoms with Gasteiger partial charge < -0.3 is 15.0 Å². The zero-order chi connectivity index (χ0) is 14.2. The fourth-order valence-electron chi connectivity index (χ4n) is 2.71. The Morgan fingerprint density at radius 3 is 2.45 bits per heavy atom. The van der Waals surface area contributed by atoms with Crippen LogP contribution in [0.3, 0.4) is 0 Å². The van der Waals surface area contributed by atoms with Crippen molar-refractivity contribution >= 4 is 5.69 Å². The highest BCUT2D eigenvalue weighted by molar-refractivity contribution is 5.47. The first-order valence-electron chi connectivity index (χ1n) is 7.98. The van der Waals surface area contributed by atoms with Crippen LogP contribution in [-0.4, -0.2) is 32.3 Å². The van der Waals surface area contributed by atoms with Crippen LogP contribution in [0, 0.1) is 0 Å². The number of hydrogen-bond acceptors (Lipinski definition) is 3. The Kier molecular flexibility index (Phi) is 6.34. The van der Waals surface area contributed by atoms with Crippen molar-refractivity contribution < 1.29 is 4.74 Å². The van der Waals surface area contributed by atoms with E-state index in [1.54, 1.807) is 0 Å². The summed E-state index contributed by atoms with van der Waals surface area (Å²) in [4.78, 5) is 2.40. The normalized spacial score (nSPS) is 17.2. The monoisotopic (exact) mass is 276 g/mol. The lowest BCUT2D eigenvalue weighted by Crippen LogP contribution is -2.36. The van der Waals surface area contributed by atoms with Crippen molar-refractivity contribution in [3.63, 3.8) is 0 Å². The van der Waals surface area contributed by atoms with Gasteiger partial charge in [-0.25, -0.2) is 0 Å². The van der Waals surface area contributed by atoms with Crippen LogP contribution in [0.15, 0.2) is 24.3 Å².